The number of benzene rings is 1. The molecule has 4 aliphatic carbocycles. The Bertz CT molecular complexity index is 770. The molecule has 0 saturated heterocycles. The highest BCUT2D eigenvalue weighted by Crippen LogP contribution is 2.60. The molecular formula is C21H25N3O3. The molecule has 0 spiro atoms. The van der Waals surface area contributed by atoms with E-state index in [1.807, 2.05) is 30.3 Å². The first kappa shape index (κ1) is 18.0. The molecule has 4 aliphatic rings. The second-order valence-corrected chi connectivity index (χ2v) is 8.41. The fraction of sp³-hybridized carbons (Fsp3) is 0.571. The summed E-state index contributed by atoms with van der Waals surface area (Å²) >= 11 is 0. The van der Waals surface area contributed by atoms with Crippen LogP contribution in [0.15, 0.2) is 35.3 Å². The fourth-order valence-corrected chi connectivity index (χ4v) is 5.65. The molecule has 6 heteroatoms. The average Bonchev–Trinajstić information content (AvgIpc) is 2.65. The molecule has 1 aromatic carbocycles. The van der Waals surface area contributed by atoms with Crippen LogP contribution in [0.3, 0.4) is 0 Å². The summed E-state index contributed by atoms with van der Waals surface area (Å²) in [5, 5.41) is 19.2. The van der Waals surface area contributed by atoms with Gasteiger partial charge in [0, 0.05) is 0 Å². The number of nitrogens with zero attached hydrogens (tertiary/aromatic N) is 2. The highest BCUT2D eigenvalue weighted by Gasteiger charge is 2.58. The smallest absolute Gasteiger partial charge is 0.309 e. The number of hydrogen-bond donors (Lipinski definition) is 2. The van der Waals surface area contributed by atoms with Crippen LogP contribution in [-0.4, -0.2) is 29.1 Å². The van der Waals surface area contributed by atoms with Crippen LogP contribution in [0.2, 0.25) is 0 Å². The maximum Gasteiger partial charge on any atom is 0.309 e. The lowest BCUT2D eigenvalue weighted by Gasteiger charge is -2.57. The third-order valence-electron chi connectivity index (χ3n) is 6.62. The highest BCUT2D eigenvalue weighted by molar-refractivity contribution is 5.87. The van der Waals surface area contributed by atoms with Gasteiger partial charge in [0.1, 0.15) is 11.9 Å². The molecule has 4 saturated carbocycles. The minimum Gasteiger partial charge on any atom is -0.481 e. The van der Waals surface area contributed by atoms with E-state index in [4.69, 9.17) is 15.5 Å². The minimum atomic E-state index is -0.879. The van der Waals surface area contributed by atoms with Gasteiger partial charge in [-0.05, 0) is 55.4 Å². The summed E-state index contributed by atoms with van der Waals surface area (Å²) < 4.78 is 5.68. The van der Waals surface area contributed by atoms with E-state index in [1.54, 1.807) is 0 Å². The number of aliphatic imine (C=N–C) groups is 1. The molecule has 27 heavy (non-hydrogen) atoms. The molecule has 4 fully saturated rings. The summed E-state index contributed by atoms with van der Waals surface area (Å²) in [5.41, 5.74) is 6.57. The molecule has 3 N–H and O–H groups in total. The summed E-state index contributed by atoms with van der Waals surface area (Å²) in [6.07, 6.45) is 3.33. The van der Waals surface area contributed by atoms with Crippen molar-refractivity contribution in [1.29, 1.82) is 5.26 Å². The second-order valence-electron chi connectivity index (χ2n) is 8.41. The number of carbonyl (C=O) groups is 1. The Balaban J connectivity index is 1.46. The van der Waals surface area contributed by atoms with Crippen molar-refractivity contribution >= 4 is 11.8 Å². The Morgan fingerprint density at radius 3 is 2.56 bits per heavy atom. The van der Waals surface area contributed by atoms with E-state index < -0.39 is 17.5 Å². The fourth-order valence-electron chi connectivity index (χ4n) is 5.65. The van der Waals surface area contributed by atoms with Crippen LogP contribution in [0.25, 0.3) is 0 Å². The summed E-state index contributed by atoms with van der Waals surface area (Å²) in [7, 11) is 0. The Morgan fingerprint density at radius 2 is 1.96 bits per heavy atom. The zero-order valence-corrected chi connectivity index (χ0v) is 15.3. The van der Waals surface area contributed by atoms with Crippen molar-refractivity contribution in [2.45, 2.75) is 50.9 Å². The molecular weight excluding hydrogens is 342 g/mol. The molecule has 0 amide bonds. The van der Waals surface area contributed by atoms with Crippen LogP contribution >= 0.6 is 0 Å². The van der Waals surface area contributed by atoms with Gasteiger partial charge in [0.2, 0.25) is 6.10 Å². The molecule has 0 radical (unpaired) electrons. The topological polar surface area (TPSA) is 109 Å². The van der Waals surface area contributed by atoms with E-state index in [2.05, 4.69) is 6.07 Å². The van der Waals surface area contributed by atoms with Crippen LogP contribution in [-0.2, 0) is 16.1 Å². The number of amidine groups is 1. The van der Waals surface area contributed by atoms with E-state index in [0.717, 1.165) is 24.8 Å². The molecule has 6 nitrogen and oxygen atoms in total. The maximum atomic E-state index is 11.8. The predicted octanol–water partition coefficient (Wildman–Crippen LogP) is 2.73. The SMILES string of the molecule is N#CC(OCc1ccccc1)C(N)=NC1C2CC3CC1CC(C(=O)O)(C3)C2. The number of hydrogen-bond acceptors (Lipinski definition) is 4. The van der Waals surface area contributed by atoms with Crippen LogP contribution < -0.4 is 5.73 Å². The first-order valence-electron chi connectivity index (χ1n) is 9.62. The van der Waals surface area contributed by atoms with Crippen LogP contribution in [0, 0.1) is 34.5 Å². The number of carboxylic acid groups (broad SMARTS) is 1. The van der Waals surface area contributed by atoms with E-state index in [1.165, 1.54) is 0 Å². The molecule has 4 bridgehead atoms. The number of ether oxygens (including phenoxy) is 1. The van der Waals surface area contributed by atoms with Gasteiger partial charge in [0.05, 0.1) is 18.1 Å². The zero-order valence-electron chi connectivity index (χ0n) is 15.3. The lowest BCUT2D eigenvalue weighted by Crippen LogP contribution is -2.56. The maximum absolute atomic E-state index is 11.8. The van der Waals surface area contributed by atoms with Crippen LogP contribution in [0.1, 0.15) is 37.7 Å². The largest absolute Gasteiger partial charge is 0.481 e. The Kier molecular flexibility index (Phi) is 4.65. The molecule has 1 aromatic rings. The second kappa shape index (κ2) is 6.97. The van der Waals surface area contributed by atoms with Crippen molar-refractivity contribution in [3.63, 3.8) is 0 Å². The van der Waals surface area contributed by atoms with Gasteiger partial charge in [-0.2, -0.15) is 5.26 Å². The average molecular weight is 367 g/mol. The van der Waals surface area contributed by atoms with Gasteiger partial charge in [0.15, 0.2) is 0 Å². The minimum absolute atomic E-state index is 0.0187. The summed E-state index contributed by atoms with van der Waals surface area (Å²) in [4.78, 5) is 16.5. The Labute approximate surface area is 159 Å². The van der Waals surface area contributed by atoms with E-state index in [-0.39, 0.29) is 23.7 Å². The number of nitrogens with two attached hydrogens (primary N) is 1. The number of rotatable bonds is 6. The third-order valence-corrected chi connectivity index (χ3v) is 6.62. The van der Waals surface area contributed by atoms with Gasteiger partial charge in [0.25, 0.3) is 0 Å². The Morgan fingerprint density at radius 1 is 1.30 bits per heavy atom. The van der Waals surface area contributed by atoms with E-state index >= 15 is 0 Å². The zero-order chi connectivity index (χ0) is 19.0. The Hall–Kier alpha value is -2.39. The molecule has 142 valence electrons. The van der Waals surface area contributed by atoms with Crippen LogP contribution in [0.5, 0.6) is 0 Å². The van der Waals surface area contributed by atoms with Crippen molar-refractivity contribution in [2.75, 3.05) is 0 Å². The molecule has 0 aromatic heterocycles. The highest BCUT2D eigenvalue weighted by atomic mass is 16.5. The first-order chi connectivity index (χ1) is 13.0. The number of nitriles is 1. The van der Waals surface area contributed by atoms with Crippen molar-refractivity contribution in [1.82, 2.24) is 0 Å². The predicted molar refractivity (Wildman–Crippen MR) is 99.7 cm³/mol. The van der Waals surface area contributed by atoms with Gasteiger partial charge in [-0.25, -0.2) is 0 Å². The monoisotopic (exact) mass is 367 g/mol. The van der Waals surface area contributed by atoms with Crippen LogP contribution in [0.4, 0.5) is 0 Å². The summed E-state index contributed by atoms with van der Waals surface area (Å²) in [5.74, 6) is 0.555. The molecule has 3 unspecified atom stereocenters. The lowest BCUT2D eigenvalue weighted by molar-refractivity contribution is -0.166. The quantitative estimate of drug-likeness (QED) is 0.593. The van der Waals surface area contributed by atoms with Crippen molar-refractivity contribution in [3.8, 4) is 6.07 Å². The molecule has 0 aliphatic heterocycles. The molecule has 3 atom stereocenters. The number of carboxylic acids is 1. The normalized spacial score (nSPS) is 35.6. The van der Waals surface area contributed by atoms with Crippen molar-refractivity contribution in [3.05, 3.63) is 35.9 Å². The van der Waals surface area contributed by atoms with Gasteiger partial charge < -0.3 is 15.6 Å². The third kappa shape index (κ3) is 3.32. The standard InChI is InChI=1S/C21H25N3O3/c22-11-17(27-12-13-4-2-1-3-5-13)19(23)24-18-15-6-14-7-16(18)10-21(8-14,9-15)20(25)26/h1-5,14-18H,6-10,12H2,(H2,23,24)(H,25,26). The lowest BCUT2D eigenvalue weighted by atomic mass is 9.48. The van der Waals surface area contributed by atoms with Crippen molar-refractivity contribution < 1.29 is 14.6 Å². The molecule has 5 rings (SSSR count). The van der Waals surface area contributed by atoms with Gasteiger partial charge in [-0.3, -0.25) is 9.79 Å². The van der Waals surface area contributed by atoms with Gasteiger partial charge in [-0.1, -0.05) is 30.3 Å². The molecule has 0 heterocycles. The summed E-state index contributed by atoms with van der Waals surface area (Å²) in [6.45, 7) is 0.303. The van der Waals surface area contributed by atoms with Gasteiger partial charge >= 0.3 is 5.97 Å². The summed E-state index contributed by atoms with van der Waals surface area (Å²) in [6, 6.07) is 11.8. The first-order valence-corrected chi connectivity index (χ1v) is 9.62. The van der Waals surface area contributed by atoms with Gasteiger partial charge in [-0.15, -0.1) is 0 Å². The van der Waals surface area contributed by atoms with E-state index in [0.29, 0.717) is 25.4 Å². The number of aliphatic carboxylic acids is 1. The van der Waals surface area contributed by atoms with Crippen molar-refractivity contribution in [2.24, 2.45) is 33.9 Å². The van der Waals surface area contributed by atoms with E-state index in [9.17, 15) is 15.2 Å².